The first-order valence-corrected chi connectivity index (χ1v) is 7.26. The highest BCUT2D eigenvalue weighted by molar-refractivity contribution is 6.00. The Labute approximate surface area is 115 Å². The van der Waals surface area contributed by atoms with E-state index in [1.165, 1.54) is 0 Å². The van der Waals surface area contributed by atoms with E-state index in [9.17, 15) is 9.59 Å². The molecule has 2 rings (SSSR count). The Hall–Kier alpha value is -1.32. The van der Waals surface area contributed by atoms with Gasteiger partial charge in [-0.05, 0) is 25.7 Å². The number of carbonyl (C=O) groups excluding carboxylic acids is 2. The van der Waals surface area contributed by atoms with Crippen molar-refractivity contribution in [2.45, 2.75) is 58.0 Å². The van der Waals surface area contributed by atoms with Gasteiger partial charge in [0.15, 0.2) is 0 Å². The summed E-state index contributed by atoms with van der Waals surface area (Å²) in [7, 11) is 0. The van der Waals surface area contributed by atoms with Crippen molar-refractivity contribution in [1.29, 1.82) is 0 Å². The molecule has 0 aromatic carbocycles. The van der Waals surface area contributed by atoms with Gasteiger partial charge in [-0.3, -0.25) is 9.59 Å². The van der Waals surface area contributed by atoms with Crippen molar-refractivity contribution >= 4 is 11.8 Å². The number of nitrogens with zero attached hydrogens (tertiary/aromatic N) is 1. The van der Waals surface area contributed by atoms with Crippen LogP contribution in [-0.2, 0) is 9.59 Å². The van der Waals surface area contributed by atoms with Crippen LogP contribution >= 0.6 is 0 Å². The van der Waals surface area contributed by atoms with Crippen LogP contribution in [0.4, 0.5) is 0 Å². The highest BCUT2D eigenvalue weighted by atomic mass is 16.2. The number of rotatable bonds is 3. The quantitative estimate of drug-likeness (QED) is 0.791. The standard InChI is InChI=1S/C15H24N2O2/c1-4-5-10-17-13(18)12(11(2)3)16-14(19)15(17)8-6-7-9-15/h4-5,11-12H,6-10H2,1-3H3,(H,16,19)/b5-4+. The van der Waals surface area contributed by atoms with Crippen molar-refractivity contribution in [3.05, 3.63) is 12.2 Å². The Morgan fingerprint density at radius 3 is 2.53 bits per heavy atom. The van der Waals surface area contributed by atoms with E-state index in [-0.39, 0.29) is 23.8 Å². The van der Waals surface area contributed by atoms with Gasteiger partial charge in [0.1, 0.15) is 11.6 Å². The summed E-state index contributed by atoms with van der Waals surface area (Å²) < 4.78 is 0. The van der Waals surface area contributed by atoms with Gasteiger partial charge in [0, 0.05) is 6.54 Å². The summed E-state index contributed by atoms with van der Waals surface area (Å²) in [5, 5.41) is 2.95. The molecule has 1 aliphatic carbocycles. The summed E-state index contributed by atoms with van der Waals surface area (Å²) in [5.41, 5.74) is -0.581. The molecule has 0 aromatic heterocycles. The molecule has 1 unspecified atom stereocenters. The van der Waals surface area contributed by atoms with E-state index < -0.39 is 5.54 Å². The molecule has 0 bridgehead atoms. The van der Waals surface area contributed by atoms with Crippen LogP contribution in [-0.4, -0.2) is 34.8 Å². The van der Waals surface area contributed by atoms with Crippen LogP contribution in [0.3, 0.4) is 0 Å². The fraction of sp³-hybridized carbons (Fsp3) is 0.733. The fourth-order valence-electron chi connectivity index (χ4n) is 3.22. The van der Waals surface area contributed by atoms with Gasteiger partial charge >= 0.3 is 0 Å². The molecule has 1 saturated heterocycles. The van der Waals surface area contributed by atoms with E-state index in [0.29, 0.717) is 6.54 Å². The lowest BCUT2D eigenvalue weighted by Gasteiger charge is -2.47. The van der Waals surface area contributed by atoms with Crippen LogP contribution in [0.2, 0.25) is 0 Å². The molecule has 4 heteroatoms. The molecule has 1 heterocycles. The Morgan fingerprint density at radius 1 is 1.37 bits per heavy atom. The molecule has 2 amide bonds. The molecule has 0 aromatic rings. The number of hydrogen-bond donors (Lipinski definition) is 1. The monoisotopic (exact) mass is 264 g/mol. The van der Waals surface area contributed by atoms with Gasteiger partial charge in [-0.15, -0.1) is 0 Å². The second-order valence-corrected chi connectivity index (χ2v) is 5.95. The molecule has 1 saturated carbocycles. The average Bonchev–Trinajstić information content (AvgIpc) is 2.84. The second kappa shape index (κ2) is 5.35. The zero-order chi connectivity index (χ0) is 14.0. The van der Waals surface area contributed by atoms with Crippen molar-refractivity contribution in [3.63, 3.8) is 0 Å². The molecular formula is C15H24N2O2. The predicted octanol–water partition coefficient (Wildman–Crippen LogP) is 1.86. The maximum absolute atomic E-state index is 12.7. The van der Waals surface area contributed by atoms with Crippen LogP contribution in [0.1, 0.15) is 46.5 Å². The van der Waals surface area contributed by atoms with E-state index in [2.05, 4.69) is 5.32 Å². The molecule has 1 aliphatic heterocycles. The fourth-order valence-corrected chi connectivity index (χ4v) is 3.22. The first-order chi connectivity index (χ1) is 9.03. The summed E-state index contributed by atoms with van der Waals surface area (Å²) in [4.78, 5) is 27.0. The molecule has 2 fully saturated rings. The maximum atomic E-state index is 12.7. The van der Waals surface area contributed by atoms with Crippen molar-refractivity contribution in [2.75, 3.05) is 6.54 Å². The highest BCUT2D eigenvalue weighted by Gasteiger charge is 2.53. The Kier molecular flexibility index (Phi) is 3.97. The molecule has 2 aliphatic rings. The molecule has 4 nitrogen and oxygen atoms in total. The van der Waals surface area contributed by atoms with E-state index in [0.717, 1.165) is 25.7 Å². The summed E-state index contributed by atoms with van der Waals surface area (Å²) in [6, 6.07) is -0.371. The summed E-state index contributed by atoms with van der Waals surface area (Å²) in [5.74, 6) is 0.255. The van der Waals surface area contributed by atoms with Crippen molar-refractivity contribution in [2.24, 2.45) is 5.92 Å². The minimum atomic E-state index is -0.581. The molecule has 1 N–H and O–H groups in total. The lowest BCUT2D eigenvalue weighted by molar-refractivity contribution is -0.157. The van der Waals surface area contributed by atoms with Crippen LogP contribution in [0.5, 0.6) is 0 Å². The summed E-state index contributed by atoms with van der Waals surface area (Å²) in [6.45, 7) is 6.44. The van der Waals surface area contributed by atoms with Crippen LogP contribution in [0.25, 0.3) is 0 Å². The van der Waals surface area contributed by atoms with E-state index >= 15 is 0 Å². The van der Waals surface area contributed by atoms with Gasteiger partial charge in [-0.25, -0.2) is 0 Å². The minimum Gasteiger partial charge on any atom is -0.342 e. The Morgan fingerprint density at radius 2 is 2.00 bits per heavy atom. The van der Waals surface area contributed by atoms with Crippen molar-refractivity contribution in [1.82, 2.24) is 10.2 Å². The molecule has 1 spiro atoms. The Balaban J connectivity index is 2.32. The van der Waals surface area contributed by atoms with Gasteiger partial charge in [-0.2, -0.15) is 0 Å². The van der Waals surface area contributed by atoms with Gasteiger partial charge in [0.2, 0.25) is 11.8 Å². The smallest absolute Gasteiger partial charge is 0.246 e. The van der Waals surface area contributed by atoms with Crippen LogP contribution < -0.4 is 5.32 Å². The average molecular weight is 264 g/mol. The topological polar surface area (TPSA) is 49.4 Å². The molecule has 0 radical (unpaired) electrons. The van der Waals surface area contributed by atoms with Gasteiger partial charge in [-0.1, -0.05) is 38.8 Å². The summed E-state index contributed by atoms with van der Waals surface area (Å²) >= 11 is 0. The number of amides is 2. The second-order valence-electron chi connectivity index (χ2n) is 5.95. The Bertz CT molecular complexity index is 395. The number of allylic oxidation sites excluding steroid dienone is 1. The SMILES string of the molecule is C/C=C/CN1C(=O)C(C(C)C)NC(=O)C12CCCC2. The lowest BCUT2D eigenvalue weighted by Crippen LogP contribution is -2.70. The molecular weight excluding hydrogens is 240 g/mol. The van der Waals surface area contributed by atoms with E-state index in [1.807, 2.05) is 37.8 Å². The van der Waals surface area contributed by atoms with Crippen LogP contribution in [0.15, 0.2) is 12.2 Å². The zero-order valence-electron chi connectivity index (χ0n) is 12.1. The number of hydrogen-bond acceptors (Lipinski definition) is 2. The van der Waals surface area contributed by atoms with E-state index in [1.54, 1.807) is 0 Å². The van der Waals surface area contributed by atoms with Gasteiger partial charge < -0.3 is 10.2 Å². The maximum Gasteiger partial charge on any atom is 0.246 e. The predicted molar refractivity (Wildman–Crippen MR) is 74.5 cm³/mol. The molecule has 19 heavy (non-hydrogen) atoms. The minimum absolute atomic E-state index is 0.0489. The third-order valence-corrected chi connectivity index (χ3v) is 4.38. The van der Waals surface area contributed by atoms with Gasteiger partial charge in [0.25, 0.3) is 0 Å². The first kappa shape index (κ1) is 14.1. The zero-order valence-corrected chi connectivity index (χ0v) is 12.1. The largest absolute Gasteiger partial charge is 0.342 e. The number of nitrogens with one attached hydrogen (secondary N) is 1. The van der Waals surface area contributed by atoms with Crippen LogP contribution in [0, 0.1) is 5.92 Å². The van der Waals surface area contributed by atoms with Gasteiger partial charge in [0.05, 0.1) is 0 Å². The molecule has 1 atom stereocenters. The number of piperazine rings is 1. The van der Waals surface area contributed by atoms with Crippen molar-refractivity contribution < 1.29 is 9.59 Å². The first-order valence-electron chi connectivity index (χ1n) is 7.26. The third-order valence-electron chi connectivity index (χ3n) is 4.38. The number of carbonyl (C=O) groups is 2. The molecule has 106 valence electrons. The highest BCUT2D eigenvalue weighted by Crippen LogP contribution is 2.38. The lowest BCUT2D eigenvalue weighted by atomic mass is 9.87. The normalized spacial score (nSPS) is 26.7. The third kappa shape index (κ3) is 2.28. The summed E-state index contributed by atoms with van der Waals surface area (Å²) in [6.07, 6.45) is 7.55. The van der Waals surface area contributed by atoms with Crippen molar-refractivity contribution in [3.8, 4) is 0 Å². The van der Waals surface area contributed by atoms with E-state index in [4.69, 9.17) is 0 Å².